The molecule has 16 heavy (non-hydrogen) atoms. The van der Waals surface area contributed by atoms with E-state index in [1.807, 2.05) is 20.7 Å². The molecule has 2 aliphatic rings. The molecule has 1 spiro atoms. The Hall–Kier alpha value is -0.0551. The lowest BCUT2D eigenvalue weighted by atomic mass is 9.69. The van der Waals surface area contributed by atoms with Crippen LogP contribution in [0.4, 0.5) is 0 Å². The number of rotatable bonds is 1. The maximum atomic E-state index is 9.48. The minimum absolute atomic E-state index is 0.255. The summed E-state index contributed by atoms with van der Waals surface area (Å²) in [5.41, 5.74) is 0.608. The predicted octanol–water partition coefficient (Wildman–Crippen LogP) is 1.59. The average molecular weight is 226 g/mol. The van der Waals surface area contributed by atoms with Crippen LogP contribution in [0, 0.1) is 5.41 Å². The summed E-state index contributed by atoms with van der Waals surface area (Å²) in [4.78, 5) is 2.19. The first kappa shape index (κ1) is 14.0. The minimum Gasteiger partial charge on any atom is -0.437 e. The normalized spacial score (nSPS) is 24.8. The summed E-state index contributed by atoms with van der Waals surface area (Å²) in [5.74, 6) is 0. The molecule has 0 atom stereocenters. The molecule has 2 fully saturated rings. The molecular formula is C12H27BN2O. The van der Waals surface area contributed by atoms with Gasteiger partial charge in [-0.15, -0.1) is 0 Å². The summed E-state index contributed by atoms with van der Waals surface area (Å²) in [7, 11) is -0.255. The van der Waals surface area contributed by atoms with Crippen molar-refractivity contribution in [1.29, 1.82) is 0 Å². The first-order chi connectivity index (χ1) is 7.72. The zero-order chi connectivity index (χ0) is 12.0. The van der Waals surface area contributed by atoms with Crippen molar-refractivity contribution >= 4 is 7.05 Å². The van der Waals surface area contributed by atoms with Gasteiger partial charge in [0.2, 0.25) is 0 Å². The van der Waals surface area contributed by atoms with Crippen LogP contribution in [0.5, 0.6) is 0 Å². The molecule has 0 radical (unpaired) electrons. The third-order valence-corrected chi connectivity index (χ3v) is 4.05. The minimum atomic E-state index is -0.255. The second-order valence-electron chi connectivity index (χ2n) is 4.92. The Labute approximate surface area is 101 Å². The standard InChI is InChI=1S/C10H21BN2O.C2H6/c1-11(14)13-8-4-10(5-9-13)2-6-12-7-3-10;1-2/h12,14H,2-9H2,1H3;1-2H3. The van der Waals surface area contributed by atoms with Crippen molar-refractivity contribution in [3.8, 4) is 0 Å². The molecule has 0 bridgehead atoms. The van der Waals surface area contributed by atoms with Crippen LogP contribution in [0.25, 0.3) is 0 Å². The van der Waals surface area contributed by atoms with Crippen LogP contribution in [-0.4, -0.2) is 43.1 Å². The molecule has 0 amide bonds. The first-order valence-corrected chi connectivity index (χ1v) is 6.85. The van der Waals surface area contributed by atoms with Crippen LogP contribution in [-0.2, 0) is 0 Å². The molecule has 3 nitrogen and oxygen atoms in total. The van der Waals surface area contributed by atoms with E-state index >= 15 is 0 Å². The SMILES string of the molecule is CB(O)N1CCC2(CCNCC2)CC1.CC. The highest BCUT2D eigenvalue weighted by Crippen LogP contribution is 2.39. The van der Waals surface area contributed by atoms with E-state index in [1.54, 1.807) is 0 Å². The number of nitrogens with zero attached hydrogens (tertiary/aromatic N) is 1. The van der Waals surface area contributed by atoms with Gasteiger partial charge in [0, 0.05) is 0 Å². The highest BCUT2D eigenvalue weighted by Gasteiger charge is 2.36. The molecule has 2 aliphatic heterocycles. The van der Waals surface area contributed by atoms with Gasteiger partial charge < -0.3 is 15.2 Å². The second-order valence-corrected chi connectivity index (χ2v) is 4.92. The van der Waals surface area contributed by atoms with Crippen LogP contribution in [0.15, 0.2) is 0 Å². The van der Waals surface area contributed by atoms with Crippen molar-refractivity contribution in [3.63, 3.8) is 0 Å². The van der Waals surface area contributed by atoms with Crippen molar-refractivity contribution in [2.45, 2.75) is 46.4 Å². The lowest BCUT2D eigenvalue weighted by Crippen LogP contribution is -2.49. The van der Waals surface area contributed by atoms with E-state index in [9.17, 15) is 5.02 Å². The molecule has 0 aromatic rings. The van der Waals surface area contributed by atoms with Gasteiger partial charge in [-0.3, -0.25) is 0 Å². The number of nitrogens with one attached hydrogen (secondary N) is 1. The molecule has 0 saturated carbocycles. The predicted molar refractivity (Wildman–Crippen MR) is 70.5 cm³/mol. The number of piperidine rings is 2. The Kier molecular flexibility index (Phi) is 5.80. The topological polar surface area (TPSA) is 35.5 Å². The summed E-state index contributed by atoms with van der Waals surface area (Å²) < 4.78 is 0. The zero-order valence-corrected chi connectivity index (χ0v) is 11.1. The van der Waals surface area contributed by atoms with E-state index in [0.29, 0.717) is 5.41 Å². The van der Waals surface area contributed by atoms with Crippen LogP contribution < -0.4 is 5.32 Å². The lowest BCUT2D eigenvalue weighted by Gasteiger charge is -2.44. The van der Waals surface area contributed by atoms with Crippen LogP contribution >= 0.6 is 0 Å². The maximum Gasteiger partial charge on any atom is 0.376 e. The fraction of sp³-hybridized carbons (Fsp3) is 1.00. The van der Waals surface area contributed by atoms with E-state index in [1.165, 1.54) is 38.8 Å². The van der Waals surface area contributed by atoms with Gasteiger partial charge in [-0.2, -0.15) is 0 Å². The molecule has 2 rings (SSSR count). The summed E-state index contributed by atoms with van der Waals surface area (Å²) in [6.07, 6.45) is 5.22. The lowest BCUT2D eigenvalue weighted by molar-refractivity contribution is 0.103. The zero-order valence-electron chi connectivity index (χ0n) is 11.1. The van der Waals surface area contributed by atoms with E-state index in [4.69, 9.17) is 0 Å². The van der Waals surface area contributed by atoms with Crippen LogP contribution in [0.2, 0.25) is 6.82 Å². The third kappa shape index (κ3) is 3.47. The quantitative estimate of drug-likeness (QED) is 0.666. The van der Waals surface area contributed by atoms with Gasteiger partial charge in [-0.25, -0.2) is 0 Å². The third-order valence-electron chi connectivity index (χ3n) is 4.05. The summed E-state index contributed by atoms with van der Waals surface area (Å²) in [6, 6.07) is 0. The number of hydrogen-bond donors (Lipinski definition) is 2. The molecule has 0 unspecified atom stereocenters. The fourth-order valence-corrected chi connectivity index (χ4v) is 2.83. The molecule has 4 heteroatoms. The Bertz CT molecular complexity index is 183. The van der Waals surface area contributed by atoms with Crippen molar-refractivity contribution in [2.75, 3.05) is 26.2 Å². The first-order valence-electron chi connectivity index (χ1n) is 6.85. The molecule has 94 valence electrons. The van der Waals surface area contributed by atoms with Gasteiger partial charge in [0.25, 0.3) is 0 Å². The Balaban J connectivity index is 0.000000606. The highest BCUT2D eigenvalue weighted by atomic mass is 16.2. The van der Waals surface area contributed by atoms with Crippen LogP contribution in [0.3, 0.4) is 0 Å². The second kappa shape index (κ2) is 6.62. The molecule has 2 saturated heterocycles. The Morgan fingerprint density at radius 2 is 1.56 bits per heavy atom. The monoisotopic (exact) mass is 226 g/mol. The van der Waals surface area contributed by atoms with Crippen molar-refractivity contribution in [2.24, 2.45) is 5.41 Å². The average Bonchev–Trinajstić information content (AvgIpc) is 2.33. The molecule has 2 N–H and O–H groups in total. The maximum absolute atomic E-state index is 9.48. The van der Waals surface area contributed by atoms with E-state index < -0.39 is 0 Å². The Morgan fingerprint density at radius 1 is 1.06 bits per heavy atom. The molecule has 0 aliphatic carbocycles. The van der Waals surface area contributed by atoms with Gasteiger partial charge in [-0.1, -0.05) is 13.8 Å². The highest BCUT2D eigenvalue weighted by molar-refractivity contribution is 6.45. The van der Waals surface area contributed by atoms with Gasteiger partial charge in [0.15, 0.2) is 0 Å². The summed E-state index contributed by atoms with van der Waals surface area (Å²) in [5, 5.41) is 12.9. The largest absolute Gasteiger partial charge is 0.437 e. The van der Waals surface area contributed by atoms with Crippen LogP contribution in [0.1, 0.15) is 39.5 Å². The van der Waals surface area contributed by atoms with E-state index in [-0.39, 0.29) is 7.05 Å². The van der Waals surface area contributed by atoms with E-state index in [0.717, 1.165) is 13.1 Å². The van der Waals surface area contributed by atoms with E-state index in [2.05, 4.69) is 10.1 Å². The Morgan fingerprint density at radius 3 is 2.00 bits per heavy atom. The fourth-order valence-electron chi connectivity index (χ4n) is 2.83. The van der Waals surface area contributed by atoms with Gasteiger partial charge in [0.1, 0.15) is 0 Å². The molecular weight excluding hydrogens is 199 g/mol. The smallest absolute Gasteiger partial charge is 0.376 e. The molecule has 2 heterocycles. The molecule has 0 aromatic carbocycles. The van der Waals surface area contributed by atoms with Gasteiger partial charge >= 0.3 is 7.05 Å². The summed E-state index contributed by atoms with van der Waals surface area (Å²) >= 11 is 0. The molecule has 0 aromatic heterocycles. The van der Waals surface area contributed by atoms with Gasteiger partial charge in [0.05, 0.1) is 0 Å². The van der Waals surface area contributed by atoms with Crippen molar-refractivity contribution in [1.82, 2.24) is 10.1 Å². The van der Waals surface area contributed by atoms with Gasteiger partial charge in [-0.05, 0) is 64.1 Å². The van der Waals surface area contributed by atoms with Crippen molar-refractivity contribution in [3.05, 3.63) is 0 Å². The number of hydrogen-bond acceptors (Lipinski definition) is 3. The van der Waals surface area contributed by atoms with Crippen molar-refractivity contribution < 1.29 is 5.02 Å². The summed E-state index contributed by atoms with van der Waals surface area (Å²) in [6.45, 7) is 10.4.